The van der Waals surface area contributed by atoms with Crippen molar-refractivity contribution in [1.29, 1.82) is 0 Å². The number of fused-ring (bicyclic) bond motifs is 6. The average Bonchev–Trinajstić information content (AvgIpc) is 3.28. The van der Waals surface area contributed by atoms with Crippen LogP contribution in [0.5, 0.6) is 11.5 Å². The average molecular weight is 517 g/mol. The molecule has 1 aliphatic carbocycles. The fourth-order valence-corrected chi connectivity index (χ4v) is 6.71. The molecule has 1 N–H and O–H groups in total. The molecule has 0 amide bonds. The van der Waals surface area contributed by atoms with Crippen LogP contribution >= 0.6 is 0 Å². The lowest BCUT2D eigenvalue weighted by atomic mass is 9.76. The molecule has 196 valence electrons. The molecule has 1 spiro atoms. The number of rotatable bonds is 4. The lowest BCUT2D eigenvalue weighted by molar-refractivity contribution is 0.0226. The van der Waals surface area contributed by atoms with Crippen LogP contribution in [0.4, 0.5) is 17.1 Å². The van der Waals surface area contributed by atoms with Crippen LogP contribution in [0.2, 0.25) is 0 Å². The molecule has 0 bridgehead atoms. The number of nitrogens with zero attached hydrogens (tertiary/aromatic N) is 1. The molecule has 5 nitrogen and oxygen atoms in total. The first-order valence-electron chi connectivity index (χ1n) is 13.9. The number of benzene rings is 4. The van der Waals surface area contributed by atoms with Crippen molar-refractivity contribution in [3.63, 3.8) is 0 Å². The van der Waals surface area contributed by atoms with Gasteiger partial charge in [-0.05, 0) is 55.7 Å². The van der Waals surface area contributed by atoms with Crippen molar-refractivity contribution in [1.82, 2.24) is 0 Å². The molecule has 4 aromatic rings. The normalized spacial score (nSPS) is 17.0. The molecule has 2 aliphatic heterocycles. The van der Waals surface area contributed by atoms with Gasteiger partial charge in [-0.3, -0.25) is 0 Å². The summed E-state index contributed by atoms with van der Waals surface area (Å²) in [4.78, 5) is 16.5. The van der Waals surface area contributed by atoms with Crippen molar-refractivity contribution in [2.75, 3.05) is 17.3 Å². The third-order valence-corrected chi connectivity index (χ3v) is 8.60. The van der Waals surface area contributed by atoms with Gasteiger partial charge < -0.3 is 19.7 Å². The van der Waals surface area contributed by atoms with Gasteiger partial charge in [-0.2, -0.15) is 0 Å². The van der Waals surface area contributed by atoms with Gasteiger partial charge in [-0.1, -0.05) is 73.9 Å². The van der Waals surface area contributed by atoms with Crippen LogP contribution in [0.3, 0.4) is 0 Å². The number of nitrogens with one attached hydrogen (secondary N) is 1. The highest BCUT2D eigenvalue weighted by Crippen LogP contribution is 2.59. The van der Waals surface area contributed by atoms with Crippen LogP contribution in [0, 0.1) is 6.92 Å². The number of esters is 1. The molecule has 0 radical (unpaired) electrons. The molecule has 4 aromatic carbocycles. The Morgan fingerprint density at radius 1 is 0.846 bits per heavy atom. The Morgan fingerprint density at radius 3 is 2.13 bits per heavy atom. The zero-order chi connectivity index (χ0) is 26.6. The van der Waals surface area contributed by atoms with Crippen molar-refractivity contribution < 1.29 is 14.3 Å². The summed E-state index contributed by atoms with van der Waals surface area (Å²) in [5.74, 6) is 1.10. The van der Waals surface area contributed by atoms with E-state index < -0.39 is 5.60 Å². The van der Waals surface area contributed by atoms with E-state index in [0.717, 1.165) is 52.2 Å². The van der Waals surface area contributed by atoms with Crippen molar-refractivity contribution >= 4 is 23.0 Å². The highest BCUT2D eigenvalue weighted by Gasteiger charge is 2.56. The van der Waals surface area contributed by atoms with Crippen molar-refractivity contribution in [3.05, 3.63) is 113 Å². The van der Waals surface area contributed by atoms with Gasteiger partial charge in [0.05, 0.1) is 16.9 Å². The summed E-state index contributed by atoms with van der Waals surface area (Å²) in [6.45, 7) is 2.12. The van der Waals surface area contributed by atoms with Crippen LogP contribution < -0.4 is 15.0 Å². The molecule has 2 heterocycles. The van der Waals surface area contributed by atoms with Crippen molar-refractivity contribution in [2.24, 2.45) is 0 Å². The van der Waals surface area contributed by atoms with Crippen LogP contribution in [-0.2, 0) is 10.3 Å². The maximum atomic E-state index is 14.2. The van der Waals surface area contributed by atoms with E-state index in [0.29, 0.717) is 23.1 Å². The second-order valence-corrected chi connectivity index (χ2v) is 10.9. The molecule has 0 unspecified atom stereocenters. The van der Waals surface area contributed by atoms with Crippen LogP contribution in [0.25, 0.3) is 0 Å². The van der Waals surface area contributed by atoms with Gasteiger partial charge in [0.2, 0.25) is 0 Å². The van der Waals surface area contributed by atoms with E-state index in [1.807, 2.05) is 78.9 Å². The van der Waals surface area contributed by atoms with Crippen LogP contribution in [0.1, 0.15) is 64.7 Å². The Bertz CT molecular complexity index is 1530. The fourth-order valence-electron chi connectivity index (χ4n) is 6.71. The quantitative estimate of drug-likeness (QED) is 0.278. The molecule has 1 fully saturated rings. The molecular weight excluding hydrogens is 484 g/mol. The molecule has 0 saturated heterocycles. The Kier molecular flexibility index (Phi) is 5.62. The molecule has 39 heavy (non-hydrogen) atoms. The molecule has 5 heteroatoms. The number of carbonyl (C=O) groups is 1. The standard InChI is InChI=1S/C34H32N2O3/c1-22-21-27(36(2)24-15-7-4-8-16-24)30-31(32(22)35-23-13-5-3-6-14-23)34(39-33(30)37)25-17-9-11-19-28(25)38-29-20-12-10-18-26(29)34/h3,5-6,9-14,17-21,24,35H,4,7-8,15-16H2,1-2H3. The Labute approximate surface area is 229 Å². The van der Waals surface area contributed by atoms with E-state index in [1.165, 1.54) is 19.3 Å². The van der Waals surface area contributed by atoms with Crippen molar-refractivity contribution in [3.8, 4) is 11.5 Å². The molecule has 1 saturated carbocycles. The van der Waals surface area contributed by atoms with E-state index >= 15 is 0 Å². The summed E-state index contributed by atoms with van der Waals surface area (Å²) in [6.07, 6.45) is 5.98. The highest BCUT2D eigenvalue weighted by atomic mass is 16.6. The minimum Gasteiger partial charge on any atom is -0.456 e. The minimum absolute atomic E-state index is 0.301. The van der Waals surface area contributed by atoms with Gasteiger partial charge in [-0.15, -0.1) is 0 Å². The van der Waals surface area contributed by atoms with E-state index in [1.54, 1.807) is 0 Å². The summed E-state index contributed by atoms with van der Waals surface area (Å²) < 4.78 is 13.0. The first kappa shape index (κ1) is 23.8. The number of para-hydroxylation sites is 3. The van der Waals surface area contributed by atoms with Gasteiger partial charge >= 0.3 is 5.97 Å². The Hall–Kier alpha value is -4.25. The largest absolute Gasteiger partial charge is 0.456 e. The van der Waals surface area contributed by atoms with Crippen molar-refractivity contribution in [2.45, 2.75) is 50.7 Å². The zero-order valence-corrected chi connectivity index (χ0v) is 22.4. The van der Waals surface area contributed by atoms with Crippen LogP contribution in [0.15, 0.2) is 84.9 Å². The molecule has 3 aliphatic rings. The molecule has 0 aromatic heterocycles. The smallest absolute Gasteiger partial charge is 0.342 e. The van der Waals surface area contributed by atoms with Gasteiger partial charge in [0.1, 0.15) is 11.5 Å². The summed E-state index contributed by atoms with van der Waals surface area (Å²) in [5, 5.41) is 3.68. The Morgan fingerprint density at radius 2 is 1.46 bits per heavy atom. The molecule has 7 rings (SSSR count). The van der Waals surface area contributed by atoms with Gasteiger partial charge in [0, 0.05) is 35.5 Å². The van der Waals surface area contributed by atoms with Crippen LogP contribution in [-0.4, -0.2) is 19.1 Å². The van der Waals surface area contributed by atoms with Gasteiger partial charge in [0.25, 0.3) is 0 Å². The lowest BCUT2D eigenvalue weighted by Crippen LogP contribution is -2.35. The number of aryl methyl sites for hydroxylation is 1. The maximum Gasteiger partial charge on any atom is 0.342 e. The summed E-state index contributed by atoms with van der Waals surface area (Å²) >= 11 is 0. The summed E-state index contributed by atoms with van der Waals surface area (Å²) in [7, 11) is 2.14. The summed E-state index contributed by atoms with van der Waals surface area (Å²) in [6, 6.07) is 28.5. The second kappa shape index (κ2) is 9.19. The predicted octanol–water partition coefficient (Wildman–Crippen LogP) is 8.08. The topological polar surface area (TPSA) is 50.8 Å². The number of anilines is 3. The molecular formula is C34H32N2O3. The third-order valence-electron chi connectivity index (χ3n) is 8.60. The highest BCUT2D eigenvalue weighted by molar-refractivity contribution is 6.05. The molecule has 0 atom stereocenters. The third kappa shape index (κ3) is 3.63. The number of carbonyl (C=O) groups excluding carboxylic acids is 1. The van der Waals surface area contributed by atoms with E-state index in [9.17, 15) is 4.79 Å². The number of ether oxygens (including phenoxy) is 2. The summed E-state index contributed by atoms with van der Waals surface area (Å²) in [5.41, 5.74) is 5.89. The van der Waals surface area contributed by atoms with E-state index in [2.05, 4.69) is 30.3 Å². The lowest BCUT2D eigenvalue weighted by Gasteiger charge is -2.38. The van der Waals surface area contributed by atoms with E-state index in [4.69, 9.17) is 9.47 Å². The monoisotopic (exact) mass is 516 g/mol. The SMILES string of the molecule is Cc1cc(N(C)C2CCCCC2)c2c(c1Nc1ccccc1)C1(OC2=O)c2ccccc2Oc2ccccc21. The Balaban J connectivity index is 1.54. The van der Waals surface area contributed by atoms with Gasteiger partial charge in [0.15, 0.2) is 5.60 Å². The van der Waals surface area contributed by atoms with Gasteiger partial charge in [-0.25, -0.2) is 4.79 Å². The first-order chi connectivity index (χ1) is 19.1. The second-order valence-electron chi connectivity index (χ2n) is 10.9. The minimum atomic E-state index is -1.14. The van der Waals surface area contributed by atoms with E-state index in [-0.39, 0.29) is 5.97 Å². The number of hydrogen-bond donors (Lipinski definition) is 1. The maximum absolute atomic E-state index is 14.2. The fraction of sp³-hybridized carbons (Fsp3) is 0.265. The first-order valence-corrected chi connectivity index (χ1v) is 13.9. The zero-order valence-electron chi connectivity index (χ0n) is 22.4. The predicted molar refractivity (Wildman–Crippen MR) is 154 cm³/mol. The number of hydrogen-bond acceptors (Lipinski definition) is 5.